The molecule has 0 heterocycles. The topological polar surface area (TPSA) is 35.5 Å². The first kappa shape index (κ1) is 19.5. The third-order valence-electron chi connectivity index (χ3n) is 3.71. The molecule has 0 saturated carbocycles. The first-order valence-electron chi connectivity index (χ1n) is 8.43. The van der Waals surface area contributed by atoms with Crippen molar-refractivity contribution in [2.75, 3.05) is 6.61 Å². The van der Waals surface area contributed by atoms with E-state index < -0.39 is 11.7 Å². The van der Waals surface area contributed by atoms with Gasteiger partial charge in [-0.2, -0.15) is 0 Å². The second kappa shape index (κ2) is 8.03. The third kappa shape index (κ3) is 5.07. The SMILES string of the molecule is CCOC(=O)C(OC(C)(C)C)c1c(C)cccc1-c1ccc(Cl)cc1. The van der Waals surface area contributed by atoms with E-state index in [1.807, 2.05) is 70.2 Å². The molecule has 0 saturated heterocycles. The van der Waals surface area contributed by atoms with Gasteiger partial charge in [0, 0.05) is 10.6 Å². The summed E-state index contributed by atoms with van der Waals surface area (Å²) in [5.74, 6) is -0.373. The minimum Gasteiger partial charge on any atom is -0.464 e. The molecule has 0 bridgehead atoms. The normalized spacial score (nSPS) is 12.7. The second-order valence-corrected chi connectivity index (χ2v) is 7.34. The zero-order valence-corrected chi connectivity index (χ0v) is 16.2. The molecule has 4 heteroatoms. The Kier molecular flexibility index (Phi) is 6.26. The Morgan fingerprint density at radius 2 is 1.76 bits per heavy atom. The van der Waals surface area contributed by atoms with Crippen LogP contribution >= 0.6 is 11.6 Å². The Balaban J connectivity index is 2.59. The van der Waals surface area contributed by atoms with Gasteiger partial charge in [-0.15, -0.1) is 0 Å². The molecular formula is C21H25ClO3. The highest BCUT2D eigenvalue weighted by Crippen LogP contribution is 2.36. The van der Waals surface area contributed by atoms with Gasteiger partial charge in [-0.05, 0) is 63.4 Å². The van der Waals surface area contributed by atoms with E-state index in [2.05, 4.69) is 0 Å². The lowest BCUT2D eigenvalue weighted by Gasteiger charge is -2.29. The summed E-state index contributed by atoms with van der Waals surface area (Å²) in [7, 11) is 0. The number of rotatable bonds is 5. The van der Waals surface area contributed by atoms with E-state index in [-0.39, 0.29) is 5.97 Å². The van der Waals surface area contributed by atoms with E-state index in [4.69, 9.17) is 21.1 Å². The van der Waals surface area contributed by atoms with Gasteiger partial charge in [0.1, 0.15) is 0 Å². The molecule has 25 heavy (non-hydrogen) atoms. The van der Waals surface area contributed by atoms with E-state index in [0.717, 1.165) is 22.3 Å². The zero-order chi connectivity index (χ0) is 18.6. The van der Waals surface area contributed by atoms with E-state index in [1.54, 1.807) is 6.92 Å². The molecule has 2 rings (SSSR count). The summed E-state index contributed by atoms with van der Waals surface area (Å²) in [5, 5.41) is 0.672. The third-order valence-corrected chi connectivity index (χ3v) is 3.97. The van der Waals surface area contributed by atoms with Crippen LogP contribution in [0.1, 0.15) is 44.9 Å². The molecule has 134 valence electrons. The maximum atomic E-state index is 12.6. The number of carbonyl (C=O) groups excluding carboxylic acids is 1. The van der Waals surface area contributed by atoms with Crippen LogP contribution in [0.2, 0.25) is 5.02 Å². The minimum absolute atomic E-state index is 0.311. The lowest BCUT2D eigenvalue weighted by molar-refractivity contribution is -0.166. The van der Waals surface area contributed by atoms with Crippen molar-refractivity contribution < 1.29 is 14.3 Å². The average molecular weight is 361 g/mol. The lowest BCUT2D eigenvalue weighted by Crippen LogP contribution is -2.29. The molecule has 0 N–H and O–H groups in total. The monoisotopic (exact) mass is 360 g/mol. The molecule has 0 radical (unpaired) electrons. The number of halogens is 1. The summed E-state index contributed by atoms with van der Waals surface area (Å²) < 4.78 is 11.4. The summed E-state index contributed by atoms with van der Waals surface area (Å²) in [6, 6.07) is 13.5. The number of aryl methyl sites for hydroxylation is 1. The highest BCUT2D eigenvalue weighted by atomic mass is 35.5. The van der Waals surface area contributed by atoms with Crippen LogP contribution < -0.4 is 0 Å². The summed E-state index contributed by atoms with van der Waals surface area (Å²) in [4.78, 5) is 12.6. The molecule has 1 unspecified atom stereocenters. The Bertz CT molecular complexity index is 730. The van der Waals surface area contributed by atoms with Crippen molar-refractivity contribution in [2.45, 2.75) is 46.3 Å². The quantitative estimate of drug-likeness (QED) is 0.638. The van der Waals surface area contributed by atoms with E-state index in [9.17, 15) is 4.79 Å². The Morgan fingerprint density at radius 3 is 2.32 bits per heavy atom. The number of hydrogen-bond donors (Lipinski definition) is 0. The number of esters is 1. The fraction of sp³-hybridized carbons (Fsp3) is 0.381. The van der Waals surface area contributed by atoms with Crippen molar-refractivity contribution in [3.05, 3.63) is 58.6 Å². The maximum absolute atomic E-state index is 12.6. The summed E-state index contributed by atoms with van der Waals surface area (Å²) in [6.07, 6.45) is -0.785. The average Bonchev–Trinajstić information content (AvgIpc) is 2.53. The Morgan fingerprint density at radius 1 is 1.12 bits per heavy atom. The predicted molar refractivity (Wildman–Crippen MR) is 102 cm³/mol. The molecule has 0 aliphatic carbocycles. The van der Waals surface area contributed by atoms with Gasteiger partial charge in [-0.3, -0.25) is 0 Å². The van der Waals surface area contributed by atoms with Crippen LogP contribution in [0.5, 0.6) is 0 Å². The van der Waals surface area contributed by atoms with Crippen LogP contribution in [0.4, 0.5) is 0 Å². The van der Waals surface area contributed by atoms with E-state index in [0.29, 0.717) is 11.6 Å². The second-order valence-electron chi connectivity index (χ2n) is 6.91. The first-order chi connectivity index (χ1) is 11.7. The van der Waals surface area contributed by atoms with Crippen molar-refractivity contribution in [2.24, 2.45) is 0 Å². The van der Waals surface area contributed by atoms with Crippen molar-refractivity contribution in [1.82, 2.24) is 0 Å². The van der Waals surface area contributed by atoms with Gasteiger partial charge in [0.15, 0.2) is 6.10 Å². The molecule has 3 nitrogen and oxygen atoms in total. The van der Waals surface area contributed by atoms with Gasteiger partial charge >= 0.3 is 5.97 Å². The number of ether oxygens (including phenoxy) is 2. The van der Waals surface area contributed by atoms with Crippen molar-refractivity contribution >= 4 is 17.6 Å². The van der Waals surface area contributed by atoms with Crippen LogP contribution in [0, 0.1) is 6.92 Å². The number of carbonyl (C=O) groups is 1. The van der Waals surface area contributed by atoms with Crippen LogP contribution in [-0.2, 0) is 14.3 Å². The molecule has 0 spiro atoms. The van der Waals surface area contributed by atoms with Crippen LogP contribution in [0.25, 0.3) is 11.1 Å². The zero-order valence-electron chi connectivity index (χ0n) is 15.4. The van der Waals surface area contributed by atoms with Crippen LogP contribution in [0.3, 0.4) is 0 Å². The van der Waals surface area contributed by atoms with Gasteiger partial charge < -0.3 is 9.47 Å². The molecule has 1 atom stereocenters. The Hall–Kier alpha value is -1.84. The molecule has 0 aromatic heterocycles. The van der Waals surface area contributed by atoms with Gasteiger partial charge in [-0.1, -0.05) is 41.9 Å². The fourth-order valence-electron chi connectivity index (χ4n) is 2.71. The minimum atomic E-state index is -0.785. The number of hydrogen-bond acceptors (Lipinski definition) is 3. The molecule has 2 aromatic carbocycles. The molecule has 2 aromatic rings. The molecule has 0 aliphatic rings. The van der Waals surface area contributed by atoms with Gasteiger partial charge in [-0.25, -0.2) is 4.79 Å². The van der Waals surface area contributed by atoms with Gasteiger partial charge in [0.25, 0.3) is 0 Å². The predicted octanol–water partition coefficient (Wildman–Crippen LogP) is 5.73. The summed E-state index contributed by atoms with van der Waals surface area (Å²) >= 11 is 6.01. The molecule has 0 amide bonds. The summed E-state index contributed by atoms with van der Waals surface area (Å²) in [5.41, 5.74) is 3.25. The van der Waals surface area contributed by atoms with Crippen molar-refractivity contribution in [3.63, 3.8) is 0 Å². The van der Waals surface area contributed by atoms with Gasteiger partial charge in [0.2, 0.25) is 0 Å². The standard InChI is InChI=1S/C21H25ClO3/c1-6-24-20(23)19(25-21(3,4)5)18-14(2)8-7-9-17(18)15-10-12-16(22)13-11-15/h7-13,19H,6H2,1-5H3. The molecular weight excluding hydrogens is 336 g/mol. The Labute approximate surface area is 154 Å². The highest BCUT2D eigenvalue weighted by molar-refractivity contribution is 6.30. The molecule has 0 fully saturated rings. The maximum Gasteiger partial charge on any atom is 0.339 e. The lowest BCUT2D eigenvalue weighted by atomic mass is 9.92. The number of benzene rings is 2. The molecule has 0 aliphatic heterocycles. The first-order valence-corrected chi connectivity index (χ1v) is 8.80. The van der Waals surface area contributed by atoms with Crippen LogP contribution in [-0.4, -0.2) is 18.2 Å². The van der Waals surface area contributed by atoms with Crippen LogP contribution in [0.15, 0.2) is 42.5 Å². The van der Waals surface area contributed by atoms with Crippen molar-refractivity contribution in [1.29, 1.82) is 0 Å². The van der Waals surface area contributed by atoms with Gasteiger partial charge in [0.05, 0.1) is 12.2 Å². The summed E-state index contributed by atoms with van der Waals surface area (Å²) in [6.45, 7) is 9.88. The largest absolute Gasteiger partial charge is 0.464 e. The van der Waals surface area contributed by atoms with Crippen molar-refractivity contribution in [3.8, 4) is 11.1 Å². The van der Waals surface area contributed by atoms with E-state index >= 15 is 0 Å². The smallest absolute Gasteiger partial charge is 0.339 e. The fourth-order valence-corrected chi connectivity index (χ4v) is 2.83. The highest BCUT2D eigenvalue weighted by Gasteiger charge is 2.31. The van der Waals surface area contributed by atoms with E-state index in [1.165, 1.54) is 0 Å².